The molecule has 11 heteroatoms. The van der Waals surface area contributed by atoms with Gasteiger partial charge in [0.1, 0.15) is 17.1 Å². The number of pyridine rings is 1. The fraction of sp³-hybridized carbons (Fsp3) is 0.143. The minimum Gasteiger partial charge on any atom is -0.462 e. The number of aromatic nitrogens is 1. The molecule has 3 rings (SSSR count). The lowest BCUT2D eigenvalue weighted by Crippen LogP contribution is -2.10. The number of ether oxygens (including phenoxy) is 2. The molecule has 166 valence electrons. The van der Waals surface area contributed by atoms with Gasteiger partial charge in [-0.05, 0) is 55.5 Å². The van der Waals surface area contributed by atoms with Crippen LogP contribution in [0.5, 0.6) is 11.5 Å². The average Bonchev–Trinajstić information content (AvgIpc) is 2.74. The van der Waals surface area contributed by atoms with Gasteiger partial charge in [0.05, 0.1) is 16.4 Å². The fourth-order valence-electron chi connectivity index (χ4n) is 2.75. The molecule has 1 heterocycles. The third-order valence-electron chi connectivity index (χ3n) is 4.19. The minimum absolute atomic E-state index is 0.0790. The first-order valence-electron chi connectivity index (χ1n) is 9.34. The molecule has 10 nitrogen and oxygen atoms in total. The number of carbonyl (C=O) groups excluding carboxylic acids is 1. The highest BCUT2D eigenvalue weighted by atomic mass is 32.2. The number of nitro groups is 1. The Morgan fingerprint density at radius 2 is 1.84 bits per heavy atom. The second kappa shape index (κ2) is 9.43. The van der Waals surface area contributed by atoms with Gasteiger partial charge in [-0.25, -0.2) is 18.2 Å². The van der Waals surface area contributed by atoms with Gasteiger partial charge in [-0.3, -0.25) is 10.1 Å². The summed E-state index contributed by atoms with van der Waals surface area (Å²) in [5, 5.41) is 14.4. The number of nitrogens with one attached hydrogen (secondary N) is 1. The predicted octanol–water partition coefficient (Wildman–Crippen LogP) is 4.11. The number of nitrogens with zero attached hydrogens (tertiary/aromatic N) is 2. The van der Waals surface area contributed by atoms with Gasteiger partial charge in [0.15, 0.2) is 9.84 Å². The van der Waals surface area contributed by atoms with Crippen LogP contribution in [0.4, 0.5) is 17.2 Å². The number of anilines is 2. The van der Waals surface area contributed by atoms with Crippen LogP contribution in [0.2, 0.25) is 0 Å². The van der Waals surface area contributed by atoms with Crippen molar-refractivity contribution in [1.82, 2.24) is 4.98 Å². The quantitative estimate of drug-likeness (QED) is 0.301. The maximum absolute atomic E-state index is 12.0. The van der Waals surface area contributed by atoms with Gasteiger partial charge >= 0.3 is 11.7 Å². The van der Waals surface area contributed by atoms with Gasteiger partial charge in [0.2, 0.25) is 5.82 Å². The van der Waals surface area contributed by atoms with Crippen molar-refractivity contribution >= 4 is 33.0 Å². The maximum Gasteiger partial charge on any atom is 0.345 e. The molecule has 0 saturated carbocycles. The summed E-state index contributed by atoms with van der Waals surface area (Å²) in [4.78, 5) is 27.0. The zero-order valence-corrected chi connectivity index (χ0v) is 18.0. The first kappa shape index (κ1) is 22.7. The molecular weight excluding hydrogens is 438 g/mol. The van der Waals surface area contributed by atoms with E-state index in [1.807, 2.05) is 0 Å². The molecule has 0 unspecified atom stereocenters. The van der Waals surface area contributed by atoms with Crippen LogP contribution < -0.4 is 10.1 Å². The molecule has 0 bridgehead atoms. The molecule has 32 heavy (non-hydrogen) atoms. The summed E-state index contributed by atoms with van der Waals surface area (Å²) in [6.07, 6.45) is 2.38. The van der Waals surface area contributed by atoms with E-state index in [1.54, 1.807) is 43.3 Å². The Balaban J connectivity index is 1.82. The molecule has 2 aromatic carbocycles. The number of benzene rings is 2. The summed E-state index contributed by atoms with van der Waals surface area (Å²) >= 11 is 0. The Morgan fingerprint density at radius 1 is 1.12 bits per heavy atom. The normalized spacial score (nSPS) is 10.9. The van der Waals surface area contributed by atoms with Crippen molar-refractivity contribution in [2.45, 2.75) is 11.8 Å². The minimum atomic E-state index is -3.37. The third-order valence-corrected chi connectivity index (χ3v) is 5.30. The Bertz CT molecular complexity index is 1260. The Kier molecular flexibility index (Phi) is 6.69. The number of rotatable bonds is 8. The average molecular weight is 457 g/mol. The molecule has 0 aliphatic heterocycles. The van der Waals surface area contributed by atoms with E-state index in [-0.39, 0.29) is 22.9 Å². The molecule has 0 aliphatic rings. The van der Waals surface area contributed by atoms with E-state index in [1.165, 1.54) is 24.4 Å². The molecule has 0 amide bonds. The van der Waals surface area contributed by atoms with Gasteiger partial charge < -0.3 is 14.8 Å². The molecule has 1 N–H and O–H groups in total. The standard InChI is InChI=1S/C21H19N3O7S/c1-3-30-21(25)18-11-12-22-20(19(18)24(26)27)23-14-7-9-15(10-8-14)31-16-5-4-6-17(13-16)32(2,28)29/h4-13H,3H2,1-2H3,(H,22,23). The van der Waals surface area contributed by atoms with Crippen molar-refractivity contribution in [1.29, 1.82) is 0 Å². The lowest BCUT2D eigenvalue weighted by molar-refractivity contribution is -0.384. The summed E-state index contributed by atoms with van der Waals surface area (Å²) in [6.45, 7) is 1.68. The second-order valence-electron chi connectivity index (χ2n) is 6.53. The Labute approximate surface area is 183 Å². The number of esters is 1. The molecule has 0 fully saturated rings. The summed E-state index contributed by atoms with van der Waals surface area (Å²) in [7, 11) is -3.37. The summed E-state index contributed by atoms with van der Waals surface area (Å²) in [5.41, 5.74) is -0.247. The first-order valence-corrected chi connectivity index (χ1v) is 11.2. The second-order valence-corrected chi connectivity index (χ2v) is 8.55. The zero-order chi connectivity index (χ0) is 23.3. The highest BCUT2D eigenvalue weighted by molar-refractivity contribution is 7.90. The Hall–Kier alpha value is -3.99. The number of sulfone groups is 1. The van der Waals surface area contributed by atoms with E-state index in [0.29, 0.717) is 17.2 Å². The lowest BCUT2D eigenvalue weighted by Gasteiger charge is -2.10. The van der Waals surface area contributed by atoms with E-state index < -0.39 is 26.4 Å². The molecular formula is C21H19N3O7S. The molecule has 1 aromatic heterocycles. The smallest absolute Gasteiger partial charge is 0.345 e. The molecule has 0 radical (unpaired) electrons. The van der Waals surface area contributed by atoms with Gasteiger partial charge in [-0.1, -0.05) is 6.07 Å². The van der Waals surface area contributed by atoms with Gasteiger partial charge in [-0.2, -0.15) is 0 Å². The van der Waals surface area contributed by atoms with E-state index in [9.17, 15) is 23.3 Å². The van der Waals surface area contributed by atoms with E-state index in [0.717, 1.165) is 6.26 Å². The first-order chi connectivity index (χ1) is 15.2. The van der Waals surface area contributed by atoms with Crippen LogP contribution in [0, 0.1) is 10.1 Å². The summed E-state index contributed by atoms with van der Waals surface area (Å²) in [5.74, 6) is -0.170. The monoisotopic (exact) mass is 457 g/mol. The van der Waals surface area contributed by atoms with Crippen molar-refractivity contribution in [3.8, 4) is 11.5 Å². The predicted molar refractivity (Wildman–Crippen MR) is 116 cm³/mol. The van der Waals surface area contributed by atoms with Crippen LogP contribution >= 0.6 is 0 Å². The van der Waals surface area contributed by atoms with Crippen LogP contribution in [0.15, 0.2) is 65.7 Å². The van der Waals surface area contributed by atoms with Gasteiger partial charge in [0, 0.05) is 18.1 Å². The lowest BCUT2D eigenvalue weighted by atomic mass is 10.2. The van der Waals surface area contributed by atoms with E-state index in [4.69, 9.17) is 9.47 Å². The third kappa shape index (κ3) is 5.38. The van der Waals surface area contributed by atoms with E-state index >= 15 is 0 Å². The van der Waals surface area contributed by atoms with Crippen LogP contribution in [-0.4, -0.2) is 37.2 Å². The van der Waals surface area contributed by atoms with E-state index in [2.05, 4.69) is 10.3 Å². The molecule has 3 aromatic rings. The van der Waals surface area contributed by atoms with Crippen molar-refractivity contribution < 1.29 is 27.6 Å². The molecule has 0 spiro atoms. The topological polar surface area (TPSA) is 138 Å². The summed E-state index contributed by atoms with van der Waals surface area (Å²) < 4.78 is 33.9. The Morgan fingerprint density at radius 3 is 2.47 bits per heavy atom. The van der Waals surface area contributed by atoms with Crippen LogP contribution in [-0.2, 0) is 14.6 Å². The van der Waals surface area contributed by atoms with Gasteiger partial charge in [0.25, 0.3) is 0 Å². The molecule has 0 atom stereocenters. The number of hydrogen-bond acceptors (Lipinski definition) is 9. The van der Waals surface area contributed by atoms with Crippen LogP contribution in [0.1, 0.15) is 17.3 Å². The van der Waals surface area contributed by atoms with Crippen LogP contribution in [0.25, 0.3) is 0 Å². The van der Waals surface area contributed by atoms with Crippen molar-refractivity contribution in [3.05, 3.63) is 76.5 Å². The molecule has 0 saturated heterocycles. The zero-order valence-electron chi connectivity index (χ0n) is 17.1. The number of hydrogen-bond donors (Lipinski definition) is 1. The summed E-state index contributed by atoms with van der Waals surface area (Å²) in [6, 6.07) is 13.7. The molecule has 0 aliphatic carbocycles. The van der Waals surface area contributed by atoms with Crippen LogP contribution in [0.3, 0.4) is 0 Å². The van der Waals surface area contributed by atoms with Crippen molar-refractivity contribution in [2.75, 3.05) is 18.2 Å². The highest BCUT2D eigenvalue weighted by Crippen LogP contribution is 2.31. The van der Waals surface area contributed by atoms with Crippen molar-refractivity contribution in [3.63, 3.8) is 0 Å². The highest BCUT2D eigenvalue weighted by Gasteiger charge is 2.27. The van der Waals surface area contributed by atoms with Crippen molar-refractivity contribution in [2.24, 2.45) is 0 Å². The van der Waals surface area contributed by atoms with Gasteiger partial charge in [-0.15, -0.1) is 0 Å². The fourth-order valence-corrected chi connectivity index (χ4v) is 3.41. The SMILES string of the molecule is CCOC(=O)c1ccnc(Nc2ccc(Oc3cccc(S(C)(=O)=O)c3)cc2)c1[N+](=O)[O-]. The number of carbonyl (C=O) groups is 1. The largest absolute Gasteiger partial charge is 0.462 e. The maximum atomic E-state index is 12.0.